The third-order valence-corrected chi connectivity index (χ3v) is 5.54. The van der Waals surface area contributed by atoms with Crippen LogP contribution in [0.4, 0.5) is 17.5 Å². The summed E-state index contributed by atoms with van der Waals surface area (Å²) in [4.78, 5) is 9.51. The molecule has 2 heterocycles. The van der Waals surface area contributed by atoms with E-state index in [0.29, 0.717) is 17.7 Å². The number of aromatic nitrogens is 2. The molecule has 0 bridgehead atoms. The minimum absolute atomic E-state index is 0.498. The van der Waals surface area contributed by atoms with Gasteiger partial charge in [0.05, 0.1) is 5.39 Å². The summed E-state index contributed by atoms with van der Waals surface area (Å²) in [6.45, 7) is 0. The fourth-order valence-electron chi connectivity index (χ4n) is 4.25. The Bertz CT molecular complexity index is 913. The molecule has 5 heteroatoms. The quantitative estimate of drug-likeness (QED) is 0.678. The van der Waals surface area contributed by atoms with Gasteiger partial charge >= 0.3 is 0 Å². The molecule has 0 unspecified atom stereocenters. The van der Waals surface area contributed by atoms with E-state index in [1.54, 1.807) is 0 Å². The van der Waals surface area contributed by atoms with Crippen LogP contribution >= 0.6 is 0 Å². The molecule has 0 amide bonds. The monoisotopic (exact) mass is 348 g/mol. The van der Waals surface area contributed by atoms with Crippen molar-refractivity contribution in [2.45, 2.75) is 57.4 Å². The SMILES string of the molecule is c1ccc(Nc2nc(NC3CCCCC3)c3c4c(oc3n2)CCC4)cc1. The highest BCUT2D eigenvalue weighted by Crippen LogP contribution is 2.37. The molecule has 0 aliphatic heterocycles. The zero-order valence-electron chi connectivity index (χ0n) is 14.9. The van der Waals surface area contributed by atoms with E-state index in [0.717, 1.165) is 41.9 Å². The van der Waals surface area contributed by atoms with Gasteiger partial charge < -0.3 is 15.1 Å². The van der Waals surface area contributed by atoms with Gasteiger partial charge in [-0.2, -0.15) is 9.97 Å². The number of nitrogens with zero attached hydrogens (tertiary/aromatic N) is 2. The van der Waals surface area contributed by atoms with E-state index < -0.39 is 0 Å². The van der Waals surface area contributed by atoms with Crippen molar-refractivity contribution in [1.29, 1.82) is 0 Å². The highest BCUT2D eigenvalue weighted by Gasteiger charge is 2.25. The molecule has 0 radical (unpaired) electrons. The second kappa shape index (κ2) is 6.63. The number of fused-ring (bicyclic) bond motifs is 3. The van der Waals surface area contributed by atoms with Crippen LogP contribution < -0.4 is 10.6 Å². The number of furan rings is 1. The van der Waals surface area contributed by atoms with E-state index in [2.05, 4.69) is 15.6 Å². The van der Waals surface area contributed by atoms with Crippen LogP contribution in [0.5, 0.6) is 0 Å². The summed E-state index contributed by atoms with van der Waals surface area (Å²) < 4.78 is 6.09. The smallest absolute Gasteiger partial charge is 0.233 e. The van der Waals surface area contributed by atoms with Gasteiger partial charge in [-0.15, -0.1) is 0 Å². The Balaban J connectivity index is 1.55. The van der Waals surface area contributed by atoms with Crippen molar-refractivity contribution < 1.29 is 4.42 Å². The largest absolute Gasteiger partial charge is 0.442 e. The lowest BCUT2D eigenvalue weighted by molar-refractivity contribution is 0.462. The Labute approximate surface area is 153 Å². The molecule has 2 aliphatic rings. The van der Waals surface area contributed by atoms with Crippen molar-refractivity contribution >= 4 is 28.6 Å². The summed E-state index contributed by atoms with van der Waals surface area (Å²) >= 11 is 0. The number of para-hydroxylation sites is 1. The first-order valence-electron chi connectivity index (χ1n) is 9.78. The van der Waals surface area contributed by atoms with E-state index in [-0.39, 0.29) is 0 Å². The number of hydrogen-bond acceptors (Lipinski definition) is 5. The summed E-state index contributed by atoms with van der Waals surface area (Å²) in [5.41, 5.74) is 3.00. The van der Waals surface area contributed by atoms with Crippen molar-refractivity contribution in [2.75, 3.05) is 10.6 Å². The Morgan fingerprint density at radius 1 is 0.923 bits per heavy atom. The number of nitrogens with one attached hydrogen (secondary N) is 2. The molecule has 0 atom stereocenters. The standard InChI is InChI=1S/C21H24N4O/c1-3-8-14(9-4-1)22-19-18-16-12-7-13-17(16)26-20(18)25-21(24-19)23-15-10-5-2-6-11-15/h2,5-6,10-11,14H,1,3-4,7-9,12-13H2,(H2,22,23,24,25). The lowest BCUT2D eigenvalue weighted by Crippen LogP contribution is -2.23. The van der Waals surface area contributed by atoms with Gasteiger partial charge in [-0.1, -0.05) is 37.5 Å². The van der Waals surface area contributed by atoms with Gasteiger partial charge in [0.15, 0.2) is 0 Å². The number of rotatable bonds is 4. The van der Waals surface area contributed by atoms with Crippen molar-refractivity contribution in [3.05, 3.63) is 41.7 Å². The van der Waals surface area contributed by atoms with Crippen LogP contribution in [0.15, 0.2) is 34.7 Å². The number of benzene rings is 1. The van der Waals surface area contributed by atoms with E-state index >= 15 is 0 Å². The fraction of sp³-hybridized carbons (Fsp3) is 0.429. The molecule has 5 nitrogen and oxygen atoms in total. The van der Waals surface area contributed by atoms with Crippen LogP contribution in [0.2, 0.25) is 0 Å². The Hall–Kier alpha value is -2.56. The maximum atomic E-state index is 6.09. The van der Waals surface area contributed by atoms with Crippen LogP contribution in [0.25, 0.3) is 11.1 Å². The van der Waals surface area contributed by atoms with Crippen molar-refractivity contribution in [3.63, 3.8) is 0 Å². The highest BCUT2D eigenvalue weighted by atomic mass is 16.3. The van der Waals surface area contributed by atoms with Gasteiger partial charge in [-0.05, 0) is 37.8 Å². The predicted octanol–water partition coefficient (Wildman–Crippen LogP) is 5.20. The molecule has 5 rings (SSSR count). The molecule has 1 fully saturated rings. The van der Waals surface area contributed by atoms with Crippen LogP contribution in [0.1, 0.15) is 49.8 Å². The number of hydrogen-bond donors (Lipinski definition) is 2. The van der Waals surface area contributed by atoms with Crippen molar-refractivity contribution in [3.8, 4) is 0 Å². The van der Waals surface area contributed by atoms with Crippen LogP contribution in [-0.4, -0.2) is 16.0 Å². The molecule has 1 saturated carbocycles. The van der Waals surface area contributed by atoms with Crippen LogP contribution in [-0.2, 0) is 12.8 Å². The lowest BCUT2D eigenvalue weighted by atomic mass is 9.95. The maximum Gasteiger partial charge on any atom is 0.233 e. The Morgan fingerprint density at radius 3 is 2.62 bits per heavy atom. The zero-order valence-corrected chi connectivity index (χ0v) is 14.9. The van der Waals surface area contributed by atoms with Gasteiger partial charge in [0.25, 0.3) is 0 Å². The van der Waals surface area contributed by atoms with Gasteiger partial charge in [0, 0.05) is 23.7 Å². The van der Waals surface area contributed by atoms with Gasteiger partial charge in [0.2, 0.25) is 11.7 Å². The molecular weight excluding hydrogens is 324 g/mol. The first-order chi connectivity index (χ1) is 12.9. The highest BCUT2D eigenvalue weighted by molar-refractivity contribution is 5.91. The minimum Gasteiger partial charge on any atom is -0.442 e. The van der Waals surface area contributed by atoms with Crippen molar-refractivity contribution in [2.24, 2.45) is 0 Å². The summed E-state index contributed by atoms with van der Waals surface area (Å²) in [7, 11) is 0. The summed E-state index contributed by atoms with van der Waals surface area (Å²) in [5.74, 6) is 2.62. The third-order valence-electron chi connectivity index (χ3n) is 5.54. The maximum absolute atomic E-state index is 6.09. The Kier molecular flexibility index (Phi) is 4.00. The van der Waals surface area contributed by atoms with Gasteiger partial charge in [0.1, 0.15) is 11.6 Å². The minimum atomic E-state index is 0.498. The van der Waals surface area contributed by atoms with Crippen molar-refractivity contribution in [1.82, 2.24) is 9.97 Å². The zero-order chi connectivity index (χ0) is 17.3. The van der Waals surface area contributed by atoms with Crippen LogP contribution in [0.3, 0.4) is 0 Å². The predicted molar refractivity (Wildman–Crippen MR) is 104 cm³/mol. The van der Waals surface area contributed by atoms with Gasteiger partial charge in [-0.3, -0.25) is 0 Å². The molecule has 1 aromatic carbocycles. The molecule has 2 aliphatic carbocycles. The van der Waals surface area contributed by atoms with E-state index in [4.69, 9.17) is 9.40 Å². The average molecular weight is 348 g/mol. The second-order valence-corrected chi connectivity index (χ2v) is 7.40. The first-order valence-corrected chi connectivity index (χ1v) is 9.78. The summed E-state index contributed by atoms with van der Waals surface area (Å²) in [6.07, 6.45) is 9.61. The number of anilines is 3. The Morgan fingerprint density at radius 2 is 1.77 bits per heavy atom. The molecule has 0 saturated heterocycles. The fourth-order valence-corrected chi connectivity index (χ4v) is 4.25. The third kappa shape index (κ3) is 2.91. The molecular formula is C21H24N4O. The molecule has 2 N–H and O–H groups in total. The van der Waals surface area contributed by atoms with E-state index in [1.165, 1.54) is 37.7 Å². The average Bonchev–Trinajstić information content (AvgIpc) is 3.24. The normalized spacial score (nSPS) is 17.4. The molecule has 2 aromatic heterocycles. The second-order valence-electron chi connectivity index (χ2n) is 7.40. The summed E-state index contributed by atoms with van der Waals surface area (Å²) in [6, 6.07) is 10.5. The number of aryl methyl sites for hydroxylation is 2. The van der Waals surface area contributed by atoms with E-state index in [9.17, 15) is 0 Å². The van der Waals surface area contributed by atoms with Gasteiger partial charge in [-0.25, -0.2) is 0 Å². The molecule has 26 heavy (non-hydrogen) atoms. The van der Waals surface area contributed by atoms with Crippen LogP contribution in [0, 0.1) is 0 Å². The molecule has 0 spiro atoms. The topological polar surface area (TPSA) is 63.0 Å². The summed E-state index contributed by atoms with van der Waals surface area (Å²) in [5, 5.41) is 8.13. The lowest BCUT2D eigenvalue weighted by Gasteiger charge is -2.23. The van der Waals surface area contributed by atoms with E-state index in [1.807, 2.05) is 30.3 Å². The molecule has 134 valence electrons. The molecule has 3 aromatic rings. The first kappa shape index (κ1) is 15.7.